The van der Waals surface area contributed by atoms with Crippen LogP contribution in [0.1, 0.15) is 115 Å². The molecule has 3 aromatic rings. The topological polar surface area (TPSA) is 250 Å². The van der Waals surface area contributed by atoms with Crippen LogP contribution < -0.4 is 19.5 Å². The highest BCUT2D eigenvalue weighted by Crippen LogP contribution is 2.33. The summed E-state index contributed by atoms with van der Waals surface area (Å²) in [6, 6.07) is 9.68. The first-order chi connectivity index (χ1) is 39.3. The molecule has 83 heavy (non-hydrogen) atoms. The van der Waals surface area contributed by atoms with Gasteiger partial charge in [0.2, 0.25) is 29.4 Å². The van der Waals surface area contributed by atoms with Crippen LogP contribution in [0.15, 0.2) is 79.1 Å². The Balaban J connectivity index is 1.32. The number of Topliss-reactive ketones (excluding diaryl/α,β-unsaturated/α-hetero) is 1. The van der Waals surface area contributed by atoms with Gasteiger partial charge in [0.15, 0.2) is 18.1 Å². The molecule has 0 spiro atoms. The summed E-state index contributed by atoms with van der Waals surface area (Å²) in [7, 11) is 7.48. The fraction of sp³-hybridized carbons (Fsp3) is 0.541. The number of aryl methyl sites for hydroxylation is 1. The third-order valence-corrected chi connectivity index (χ3v) is 15.2. The molecule has 3 aliphatic heterocycles. The number of hydrogen-bond acceptors (Lipinski definition) is 16. The summed E-state index contributed by atoms with van der Waals surface area (Å²) in [4.78, 5) is 138. The van der Waals surface area contributed by atoms with Gasteiger partial charge in [-0.3, -0.25) is 38.5 Å². The van der Waals surface area contributed by atoms with Crippen LogP contribution in [0.4, 0.5) is 0 Å². The highest BCUT2D eigenvalue weighted by atomic mass is 16.5. The number of esters is 2. The fourth-order valence-electron chi connectivity index (χ4n) is 9.90. The molecular weight excluding hydrogens is 1070 g/mol. The number of rotatable bonds is 8. The molecule has 2 aromatic carbocycles. The molecule has 2 bridgehead atoms. The van der Waals surface area contributed by atoms with E-state index >= 15 is 0 Å². The van der Waals surface area contributed by atoms with Gasteiger partial charge in [-0.05, 0) is 122 Å². The van der Waals surface area contributed by atoms with Crippen molar-refractivity contribution in [1.82, 2.24) is 34.8 Å². The SMILES string of the molecule is COc1ccc(CC[C@H]2OC(=O)[C@@H]3CCCCN3C(=O)C(=O)C(C)(C)COC(=O)C=CCCN(C)C(=O)[C@@H]3CCCN3C(=O)[C@H](COC(C)(C)C)N(C)C(=O)C(c3ccccc3)NC(=O)[C@H](C)N(C)C(=O)COc3cncc2c3)cc1OC. The summed E-state index contributed by atoms with van der Waals surface area (Å²) in [5.41, 5.74) is -0.642. The van der Waals surface area contributed by atoms with Crippen LogP contribution in [0.3, 0.4) is 0 Å². The first-order valence-electron chi connectivity index (χ1n) is 28.1. The normalized spacial score (nSPS) is 23.8. The number of fused-ring (bicyclic) bond motifs is 4. The van der Waals surface area contributed by atoms with Gasteiger partial charge in [-0.2, -0.15) is 0 Å². The molecule has 0 saturated carbocycles. The quantitative estimate of drug-likeness (QED) is 0.231. The molecule has 3 aliphatic rings. The molecule has 2 fully saturated rings. The number of aromatic nitrogens is 1. The van der Waals surface area contributed by atoms with Crippen LogP contribution >= 0.6 is 0 Å². The van der Waals surface area contributed by atoms with Crippen molar-refractivity contribution >= 4 is 53.2 Å². The lowest BCUT2D eigenvalue weighted by Gasteiger charge is -2.37. The van der Waals surface area contributed by atoms with E-state index in [1.165, 1.54) is 98.1 Å². The van der Waals surface area contributed by atoms with Gasteiger partial charge in [0.1, 0.15) is 48.7 Å². The van der Waals surface area contributed by atoms with Crippen LogP contribution in [-0.4, -0.2) is 187 Å². The average Bonchev–Trinajstić information content (AvgIpc) is 4.25. The summed E-state index contributed by atoms with van der Waals surface area (Å²) in [5.74, 6) is -5.09. The van der Waals surface area contributed by atoms with Crippen molar-refractivity contribution in [1.29, 1.82) is 0 Å². The lowest BCUT2D eigenvalue weighted by molar-refractivity contribution is -0.165. The van der Waals surface area contributed by atoms with Gasteiger partial charge in [-0.1, -0.05) is 42.5 Å². The molecule has 1 N–H and O–H groups in total. The molecule has 22 nitrogen and oxygen atoms in total. The van der Waals surface area contributed by atoms with E-state index in [1.54, 1.807) is 76.3 Å². The number of methoxy groups -OCH3 is 2. The van der Waals surface area contributed by atoms with E-state index in [0.29, 0.717) is 54.7 Å². The van der Waals surface area contributed by atoms with Crippen molar-refractivity contribution in [3.05, 3.63) is 95.8 Å². The number of piperidine rings is 1. The van der Waals surface area contributed by atoms with E-state index in [0.717, 1.165) is 5.56 Å². The van der Waals surface area contributed by atoms with E-state index < -0.39 is 108 Å². The maximum Gasteiger partial charge on any atom is 0.330 e. The Morgan fingerprint density at radius 3 is 2.14 bits per heavy atom. The summed E-state index contributed by atoms with van der Waals surface area (Å²) in [6.45, 7) is 9.06. The Labute approximate surface area is 486 Å². The van der Waals surface area contributed by atoms with Crippen LogP contribution in [0.2, 0.25) is 0 Å². The zero-order chi connectivity index (χ0) is 60.8. The molecule has 1 unspecified atom stereocenters. The van der Waals surface area contributed by atoms with Gasteiger partial charge >= 0.3 is 11.9 Å². The second kappa shape index (κ2) is 28.9. The van der Waals surface area contributed by atoms with E-state index in [1.807, 2.05) is 6.07 Å². The van der Waals surface area contributed by atoms with E-state index in [4.69, 9.17) is 28.4 Å². The molecule has 6 atom stereocenters. The van der Waals surface area contributed by atoms with Crippen molar-refractivity contribution in [2.75, 3.05) is 74.8 Å². The van der Waals surface area contributed by atoms with Gasteiger partial charge in [0, 0.05) is 58.6 Å². The number of nitrogens with one attached hydrogen (secondary N) is 1. The molecule has 0 aliphatic carbocycles. The number of cyclic esters (lactones) is 2. The Morgan fingerprint density at radius 1 is 0.747 bits per heavy atom. The third-order valence-electron chi connectivity index (χ3n) is 15.2. The van der Waals surface area contributed by atoms with E-state index in [9.17, 15) is 43.2 Å². The number of carbonyl (C=O) groups is 9. The molecule has 450 valence electrons. The number of benzene rings is 2. The van der Waals surface area contributed by atoms with Crippen LogP contribution in [-0.2, 0) is 63.8 Å². The first-order valence-corrected chi connectivity index (χ1v) is 28.1. The molecule has 6 rings (SSSR count). The van der Waals surface area contributed by atoms with Crippen molar-refractivity contribution in [3.63, 3.8) is 0 Å². The Hall–Kier alpha value is -7.88. The first kappa shape index (κ1) is 64.3. The minimum Gasteiger partial charge on any atom is -0.493 e. The fourth-order valence-corrected chi connectivity index (χ4v) is 9.90. The average molecular weight is 1150 g/mol. The van der Waals surface area contributed by atoms with Gasteiger partial charge in [0.05, 0.1) is 38.0 Å². The second-order valence-corrected chi connectivity index (χ2v) is 22.8. The van der Waals surface area contributed by atoms with Crippen LogP contribution in [0.5, 0.6) is 17.2 Å². The van der Waals surface area contributed by atoms with Gasteiger partial charge in [-0.25, -0.2) is 9.59 Å². The lowest BCUT2D eigenvalue weighted by Crippen LogP contribution is -2.58. The molecule has 22 heteroatoms. The number of pyridine rings is 1. The van der Waals surface area contributed by atoms with Gasteiger partial charge < -0.3 is 58.2 Å². The van der Waals surface area contributed by atoms with Crippen molar-refractivity contribution in [2.45, 2.75) is 135 Å². The number of ketones is 1. The number of nitrogens with zero attached hydrogens (tertiary/aromatic N) is 6. The molecular formula is C61H81N7O15. The number of likely N-dealkylation sites (N-methyl/N-ethyl adjacent to an activating group) is 3. The highest BCUT2D eigenvalue weighted by molar-refractivity contribution is 6.38. The highest BCUT2D eigenvalue weighted by Gasteiger charge is 2.45. The molecule has 0 radical (unpaired) electrons. The van der Waals surface area contributed by atoms with Crippen molar-refractivity contribution in [2.24, 2.45) is 5.41 Å². The molecule has 2 saturated heterocycles. The predicted octanol–water partition coefficient (Wildman–Crippen LogP) is 4.97. The predicted molar refractivity (Wildman–Crippen MR) is 303 cm³/mol. The van der Waals surface area contributed by atoms with Gasteiger partial charge in [-0.15, -0.1) is 0 Å². The molecule has 4 heterocycles. The second-order valence-electron chi connectivity index (χ2n) is 22.8. The van der Waals surface area contributed by atoms with Crippen molar-refractivity contribution in [3.8, 4) is 17.2 Å². The number of hydrogen-bond donors (Lipinski definition) is 1. The lowest BCUT2D eigenvalue weighted by atomic mass is 9.87. The number of amides is 6. The van der Waals surface area contributed by atoms with E-state index in [2.05, 4.69) is 10.3 Å². The number of ether oxygens (including phenoxy) is 6. The van der Waals surface area contributed by atoms with Crippen LogP contribution in [0, 0.1) is 5.41 Å². The largest absolute Gasteiger partial charge is 0.493 e. The zero-order valence-corrected chi connectivity index (χ0v) is 49.7. The van der Waals surface area contributed by atoms with Crippen molar-refractivity contribution < 1.29 is 71.6 Å². The molecule has 1 aromatic heterocycles. The minimum absolute atomic E-state index is 0.0922. The summed E-state index contributed by atoms with van der Waals surface area (Å²) in [6.07, 6.45) is 7.46. The smallest absolute Gasteiger partial charge is 0.330 e. The summed E-state index contributed by atoms with van der Waals surface area (Å²) >= 11 is 0. The third kappa shape index (κ3) is 16.9. The summed E-state index contributed by atoms with van der Waals surface area (Å²) in [5, 5.41) is 2.82. The maximum absolute atomic E-state index is 14.9. The maximum atomic E-state index is 14.9. The minimum atomic E-state index is -1.50. The standard InChI is InChI=1S/C61H81N7O15/c1-39-54(72)63-52(41-20-13-12-14-21-41)57(75)66(9)46(36-82-60(2,3)4)56(74)67-31-19-23-44(67)55(73)64(7)29-17-16-24-51(70)81-38-61(5,6)53(71)58(76)68-30-18-15-22-45(68)59(77)83-47(27-25-40-26-28-48(78-10)49(32-40)79-11)42-33-43(35-62-34-42)80-37-50(69)65(39)8/h12-14,16,20-21,24,26,28,32-35,39,44-47,52H,15,17-19,22-23,25,27,29-31,36-38H2,1-11H3,(H,63,72)/t39-,44-,45-,46-,47+,52?/m0/s1. The zero-order valence-electron chi connectivity index (χ0n) is 49.7. The van der Waals surface area contributed by atoms with E-state index in [-0.39, 0.29) is 57.2 Å². The Morgan fingerprint density at radius 2 is 1.45 bits per heavy atom. The molecule has 6 amide bonds. The Bertz CT molecular complexity index is 2850. The number of carbonyl (C=O) groups excluding carboxylic acids is 9. The van der Waals surface area contributed by atoms with Gasteiger partial charge in [0.25, 0.3) is 11.8 Å². The summed E-state index contributed by atoms with van der Waals surface area (Å²) < 4.78 is 34.8. The van der Waals surface area contributed by atoms with Crippen LogP contribution in [0.25, 0.3) is 0 Å². The Kier molecular flexibility index (Phi) is 22.4. The monoisotopic (exact) mass is 1150 g/mol.